The summed E-state index contributed by atoms with van der Waals surface area (Å²) >= 11 is 0. The molecule has 0 radical (unpaired) electrons. The Balaban J connectivity index is 1.76. The lowest BCUT2D eigenvalue weighted by Gasteiger charge is -2.08. The summed E-state index contributed by atoms with van der Waals surface area (Å²) in [5.74, 6) is 0.785. The van der Waals surface area contributed by atoms with E-state index >= 15 is 0 Å². The van der Waals surface area contributed by atoms with Crippen LogP contribution in [0.2, 0.25) is 0 Å². The molecule has 0 saturated heterocycles. The average molecular weight is 353 g/mol. The summed E-state index contributed by atoms with van der Waals surface area (Å²) in [6.45, 7) is 0.130. The summed E-state index contributed by atoms with van der Waals surface area (Å²) < 4.78 is 25.1. The van der Waals surface area contributed by atoms with E-state index in [1.807, 2.05) is 24.3 Å². The van der Waals surface area contributed by atoms with Crippen LogP contribution < -0.4 is 14.0 Å². The molecule has 2 aromatic carbocycles. The van der Waals surface area contributed by atoms with E-state index in [1.54, 1.807) is 31.3 Å². The van der Waals surface area contributed by atoms with Crippen LogP contribution in [0.25, 0.3) is 11.3 Å². The number of aromatic nitrogens is 2. The minimum absolute atomic E-state index is 0.115. The molecule has 0 aliphatic carbocycles. The average Bonchev–Trinajstić information content (AvgIpc) is 2.68. The number of hydrogen-bond donors (Lipinski definition) is 0. The van der Waals surface area contributed by atoms with Gasteiger partial charge in [0, 0.05) is 17.2 Å². The molecule has 0 unspecified atom stereocenters. The van der Waals surface area contributed by atoms with Crippen molar-refractivity contribution < 1.29 is 23.2 Å². The van der Waals surface area contributed by atoms with Crippen LogP contribution in [0.3, 0.4) is 0 Å². The van der Waals surface area contributed by atoms with Gasteiger partial charge in [0.1, 0.15) is 5.82 Å². The topological polar surface area (TPSA) is 52.3 Å². The largest absolute Gasteiger partial charge is 0.493 e. The van der Waals surface area contributed by atoms with Gasteiger partial charge in [-0.3, -0.25) is 4.79 Å². The van der Waals surface area contributed by atoms with Crippen LogP contribution in [0, 0.1) is 5.82 Å². The first-order valence-corrected chi connectivity index (χ1v) is 7.97. The first-order valence-electron chi connectivity index (χ1n) is 7.97. The summed E-state index contributed by atoms with van der Waals surface area (Å²) in [7, 11) is 3.16. The zero-order valence-electron chi connectivity index (χ0n) is 14.5. The van der Waals surface area contributed by atoms with Gasteiger partial charge in [0.25, 0.3) is 6.33 Å². The smallest absolute Gasteiger partial charge is 0.287 e. The standard InChI is InChI=1S/C20H18FN2O3/c1-25-19-8-5-15(11-20(19)26-2)17-9-10-23(13-22-17)12-18(24)14-3-6-16(21)7-4-14/h3-11,13H,12H2,1-2H3/q+1. The Morgan fingerprint density at radius 1 is 1.04 bits per heavy atom. The highest BCUT2D eigenvalue weighted by atomic mass is 19.1. The van der Waals surface area contributed by atoms with Gasteiger partial charge in [0.15, 0.2) is 23.7 Å². The minimum Gasteiger partial charge on any atom is -0.493 e. The molecule has 0 atom stereocenters. The highest BCUT2D eigenvalue weighted by molar-refractivity contribution is 5.94. The van der Waals surface area contributed by atoms with Gasteiger partial charge < -0.3 is 9.47 Å². The quantitative estimate of drug-likeness (QED) is 0.505. The number of hydrogen-bond acceptors (Lipinski definition) is 4. The van der Waals surface area contributed by atoms with Gasteiger partial charge >= 0.3 is 0 Å². The van der Waals surface area contributed by atoms with E-state index in [9.17, 15) is 9.18 Å². The third-order valence-electron chi connectivity index (χ3n) is 3.94. The van der Waals surface area contributed by atoms with E-state index in [0.29, 0.717) is 17.1 Å². The number of carbonyl (C=O) groups excluding carboxylic acids is 1. The van der Waals surface area contributed by atoms with Crippen molar-refractivity contribution >= 4 is 5.78 Å². The number of methoxy groups -OCH3 is 2. The molecule has 0 bridgehead atoms. The fourth-order valence-corrected chi connectivity index (χ4v) is 2.54. The van der Waals surface area contributed by atoms with Gasteiger partial charge in [-0.05, 0) is 47.4 Å². The van der Waals surface area contributed by atoms with Gasteiger partial charge in [-0.25, -0.2) is 8.96 Å². The molecule has 0 N–H and O–H groups in total. The molecule has 26 heavy (non-hydrogen) atoms. The fourth-order valence-electron chi connectivity index (χ4n) is 2.54. The number of carbonyl (C=O) groups is 1. The number of ketones is 1. The van der Waals surface area contributed by atoms with Gasteiger partial charge in [-0.2, -0.15) is 0 Å². The maximum absolute atomic E-state index is 12.9. The Morgan fingerprint density at radius 3 is 2.38 bits per heavy atom. The van der Waals surface area contributed by atoms with Crippen molar-refractivity contribution in [2.45, 2.75) is 6.54 Å². The molecule has 0 spiro atoms. The monoisotopic (exact) mass is 353 g/mol. The number of rotatable bonds is 6. The molecule has 0 aliphatic rings. The Bertz CT molecular complexity index is 909. The van der Waals surface area contributed by atoms with Crippen molar-refractivity contribution in [3.05, 3.63) is 72.4 Å². The van der Waals surface area contributed by atoms with Crippen LogP contribution in [0.4, 0.5) is 4.39 Å². The van der Waals surface area contributed by atoms with Crippen molar-refractivity contribution in [2.24, 2.45) is 0 Å². The lowest BCUT2D eigenvalue weighted by atomic mass is 10.1. The first kappa shape index (κ1) is 17.5. The van der Waals surface area contributed by atoms with Crippen molar-refractivity contribution in [3.63, 3.8) is 0 Å². The minimum atomic E-state index is -0.366. The van der Waals surface area contributed by atoms with Crippen LogP contribution in [0.5, 0.6) is 11.5 Å². The Hall–Kier alpha value is -3.28. The highest BCUT2D eigenvalue weighted by Gasteiger charge is 2.13. The van der Waals surface area contributed by atoms with Crippen LogP contribution in [0.1, 0.15) is 10.4 Å². The third kappa shape index (κ3) is 3.85. The fraction of sp³-hybridized carbons (Fsp3) is 0.150. The maximum Gasteiger partial charge on any atom is 0.287 e. The summed E-state index contributed by atoms with van der Waals surface area (Å²) in [5.41, 5.74) is 2.08. The van der Waals surface area contributed by atoms with Crippen molar-refractivity contribution in [1.29, 1.82) is 0 Å². The molecular formula is C20H18FN2O3+. The van der Waals surface area contributed by atoms with Crippen molar-refractivity contribution in [2.75, 3.05) is 14.2 Å². The molecule has 132 valence electrons. The summed E-state index contributed by atoms with van der Waals surface area (Å²) in [6, 6.07) is 12.9. The highest BCUT2D eigenvalue weighted by Crippen LogP contribution is 2.31. The molecule has 0 amide bonds. The van der Waals surface area contributed by atoms with Crippen LogP contribution >= 0.6 is 0 Å². The van der Waals surface area contributed by atoms with E-state index in [1.165, 1.54) is 24.3 Å². The molecule has 6 heteroatoms. The van der Waals surface area contributed by atoms with Crippen LogP contribution in [0.15, 0.2) is 61.1 Å². The molecule has 1 aromatic heterocycles. The third-order valence-corrected chi connectivity index (χ3v) is 3.94. The number of halogens is 1. The lowest BCUT2D eigenvalue weighted by molar-refractivity contribution is -0.686. The van der Waals surface area contributed by atoms with Gasteiger partial charge in [-0.15, -0.1) is 0 Å². The number of benzene rings is 2. The second-order valence-corrected chi connectivity index (χ2v) is 5.62. The summed E-state index contributed by atoms with van der Waals surface area (Å²) in [5, 5.41) is 0. The second-order valence-electron chi connectivity index (χ2n) is 5.62. The van der Waals surface area contributed by atoms with E-state index in [4.69, 9.17) is 9.47 Å². The predicted molar refractivity (Wildman–Crippen MR) is 93.7 cm³/mol. The van der Waals surface area contributed by atoms with Crippen molar-refractivity contribution in [1.82, 2.24) is 4.98 Å². The summed E-state index contributed by atoms with van der Waals surface area (Å²) in [4.78, 5) is 16.6. The normalized spacial score (nSPS) is 10.4. The maximum atomic E-state index is 12.9. The lowest BCUT2D eigenvalue weighted by Crippen LogP contribution is -2.37. The van der Waals surface area contributed by atoms with Crippen molar-refractivity contribution in [3.8, 4) is 22.8 Å². The molecule has 0 aliphatic heterocycles. The van der Waals surface area contributed by atoms with Gasteiger partial charge in [0.05, 0.1) is 20.4 Å². The van der Waals surface area contributed by atoms with E-state index < -0.39 is 0 Å². The number of ether oxygens (including phenoxy) is 2. The van der Waals surface area contributed by atoms with Crippen LogP contribution in [-0.2, 0) is 6.54 Å². The molecule has 1 heterocycles. The summed E-state index contributed by atoms with van der Waals surface area (Å²) in [6.07, 6.45) is 3.37. The Labute approximate surface area is 150 Å². The Morgan fingerprint density at radius 2 is 1.77 bits per heavy atom. The van der Waals surface area contributed by atoms with E-state index in [-0.39, 0.29) is 18.1 Å². The van der Waals surface area contributed by atoms with E-state index in [0.717, 1.165) is 11.3 Å². The Kier molecular flexibility index (Phi) is 5.22. The number of Topliss-reactive ketones (excluding diaryl/α,β-unsaturated/α-hetero) is 1. The zero-order valence-corrected chi connectivity index (χ0v) is 14.5. The van der Waals surface area contributed by atoms with Crippen LogP contribution in [-0.4, -0.2) is 25.0 Å². The molecular weight excluding hydrogens is 335 g/mol. The van der Waals surface area contributed by atoms with Gasteiger partial charge in [0.2, 0.25) is 5.78 Å². The van der Waals surface area contributed by atoms with Gasteiger partial charge in [-0.1, -0.05) is 0 Å². The second kappa shape index (κ2) is 7.74. The molecule has 3 aromatic rings. The number of nitrogens with zero attached hydrogens (tertiary/aromatic N) is 2. The van der Waals surface area contributed by atoms with E-state index in [2.05, 4.69) is 4.98 Å². The zero-order chi connectivity index (χ0) is 18.5. The molecule has 0 fully saturated rings. The molecule has 3 rings (SSSR count). The molecule has 0 saturated carbocycles. The SMILES string of the molecule is COc1ccc(-c2cc[n+](CC(=O)c3ccc(F)cc3)cn2)cc1OC. The first-order chi connectivity index (χ1) is 12.6. The predicted octanol–water partition coefficient (Wildman–Crippen LogP) is 3.08. The molecule has 5 nitrogen and oxygen atoms in total.